The first-order valence-corrected chi connectivity index (χ1v) is 13.6. The minimum Gasteiger partial charge on any atom is -0.320 e. The van der Waals surface area contributed by atoms with Gasteiger partial charge in [-0.1, -0.05) is 18.2 Å². The molecule has 0 aliphatic rings. The van der Waals surface area contributed by atoms with Crippen molar-refractivity contribution in [1.29, 1.82) is 0 Å². The Bertz CT molecular complexity index is 2030. The molecule has 0 saturated heterocycles. The van der Waals surface area contributed by atoms with Crippen molar-refractivity contribution in [3.8, 4) is 28.3 Å². The van der Waals surface area contributed by atoms with Crippen LogP contribution in [0.15, 0.2) is 90.1 Å². The molecule has 12 heteroatoms. The Labute approximate surface area is 245 Å². The van der Waals surface area contributed by atoms with Gasteiger partial charge in [0, 0.05) is 23.3 Å². The second-order valence-electron chi connectivity index (χ2n) is 10.1. The van der Waals surface area contributed by atoms with Crippen molar-refractivity contribution in [2.45, 2.75) is 19.5 Å². The van der Waals surface area contributed by atoms with E-state index in [4.69, 9.17) is 0 Å². The molecule has 0 aliphatic carbocycles. The van der Waals surface area contributed by atoms with E-state index in [0.717, 1.165) is 33.3 Å². The fourth-order valence-electron chi connectivity index (χ4n) is 4.89. The summed E-state index contributed by atoms with van der Waals surface area (Å²) in [7, 11) is 3.37. The number of anilines is 1. The van der Waals surface area contributed by atoms with Gasteiger partial charge in [-0.2, -0.15) is 4.80 Å². The summed E-state index contributed by atoms with van der Waals surface area (Å²) in [6.07, 6.45) is 5.26. The molecule has 216 valence electrons. The SMILES string of the molecule is CN[C@@H](C)C(=O)Nc1ccc(-c2cccc(-c3nnn(C)n3)c2)n(Cc2cncc(-n3ccc4cc(F)ccc43)c2)c1=O. The molecular formula is C31H28FN9O2. The standard InChI is InChI=1S/C31H28FN9O2/c1-19(33-2)30(42)35-26-8-10-28(21-5-4-6-23(14-21)29-36-38-39(3)37-29)41(31(26)43)18-20-13-25(17-34-16-20)40-12-11-22-15-24(32)7-9-27(22)40/h4-17,19,33H,18H2,1-3H3,(H,35,42)/t19-/m0/s1. The highest BCUT2D eigenvalue weighted by atomic mass is 19.1. The molecule has 6 rings (SSSR count). The van der Waals surface area contributed by atoms with E-state index in [1.54, 1.807) is 56.2 Å². The predicted molar refractivity (Wildman–Crippen MR) is 161 cm³/mol. The Morgan fingerprint density at radius 1 is 1.02 bits per heavy atom. The number of benzene rings is 2. The first-order valence-electron chi connectivity index (χ1n) is 13.6. The van der Waals surface area contributed by atoms with E-state index < -0.39 is 6.04 Å². The Kier molecular flexibility index (Phi) is 7.34. The van der Waals surface area contributed by atoms with Crippen molar-refractivity contribution in [2.24, 2.45) is 7.05 Å². The summed E-state index contributed by atoms with van der Waals surface area (Å²) in [4.78, 5) is 32.4. The summed E-state index contributed by atoms with van der Waals surface area (Å²) in [5.41, 5.74) is 4.25. The van der Waals surface area contributed by atoms with Gasteiger partial charge < -0.3 is 19.8 Å². The highest BCUT2D eigenvalue weighted by molar-refractivity contribution is 5.94. The van der Waals surface area contributed by atoms with Crippen LogP contribution in [-0.2, 0) is 18.4 Å². The Morgan fingerprint density at radius 3 is 2.65 bits per heavy atom. The highest BCUT2D eigenvalue weighted by Gasteiger charge is 2.17. The number of halogens is 1. The maximum Gasteiger partial charge on any atom is 0.275 e. The number of hydrogen-bond acceptors (Lipinski definition) is 7. The third-order valence-corrected chi connectivity index (χ3v) is 7.23. The molecule has 0 fully saturated rings. The summed E-state index contributed by atoms with van der Waals surface area (Å²) in [5, 5.41) is 18.7. The highest BCUT2D eigenvalue weighted by Crippen LogP contribution is 2.26. The third-order valence-electron chi connectivity index (χ3n) is 7.23. The number of carbonyl (C=O) groups excluding carboxylic acids is 1. The van der Waals surface area contributed by atoms with E-state index in [1.807, 2.05) is 47.2 Å². The number of pyridine rings is 2. The summed E-state index contributed by atoms with van der Waals surface area (Å²) < 4.78 is 17.3. The van der Waals surface area contributed by atoms with Gasteiger partial charge in [0.15, 0.2) is 0 Å². The molecule has 11 nitrogen and oxygen atoms in total. The van der Waals surface area contributed by atoms with Gasteiger partial charge in [0.25, 0.3) is 5.56 Å². The van der Waals surface area contributed by atoms with Crippen molar-refractivity contribution in [3.63, 3.8) is 0 Å². The summed E-state index contributed by atoms with van der Waals surface area (Å²) in [5.74, 6) is -0.174. The van der Waals surface area contributed by atoms with E-state index >= 15 is 0 Å². The number of carbonyl (C=O) groups is 1. The van der Waals surface area contributed by atoms with Crippen molar-refractivity contribution >= 4 is 22.5 Å². The molecule has 0 saturated carbocycles. The van der Waals surface area contributed by atoms with Crippen molar-refractivity contribution in [3.05, 3.63) is 107 Å². The molecule has 2 N–H and O–H groups in total. The Balaban J connectivity index is 1.43. The van der Waals surface area contributed by atoms with Crippen LogP contribution in [0.1, 0.15) is 12.5 Å². The zero-order valence-corrected chi connectivity index (χ0v) is 23.7. The zero-order chi connectivity index (χ0) is 30.1. The Hall–Kier alpha value is -5.49. The van der Waals surface area contributed by atoms with Crippen LogP contribution in [-0.4, -0.2) is 53.3 Å². The van der Waals surface area contributed by atoms with Crippen LogP contribution in [0, 0.1) is 5.82 Å². The van der Waals surface area contributed by atoms with Gasteiger partial charge in [0.1, 0.15) is 11.5 Å². The maximum absolute atomic E-state index is 13.9. The monoisotopic (exact) mass is 577 g/mol. The van der Waals surface area contributed by atoms with Crippen LogP contribution >= 0.6 is 0 Å². The number of rotatable bonds is 8. The van der Waals surface area contributed by atoms with Crippen LogP contribution in [0.3, 0.4) is 0 Å². The quantitative estimate of drug-likeness (QED) is 0.282. The largest absolute Gasteiger partial charge is 0.320 e. The second-order valence-corrected chi connectivity index (χ2v) is 10.1. The lowest BCUT2D eigenvalue weighted by Gasteiger charge is -2.17. The maximum atomic E-state index is 13.9. The summed E-state index contributed by atoms with van der Waals surface area (Å²) in [6, 6.07) is 18.8. The second kappa shape index (κ2) is 11.4. The molecule has 0 spiro atoms. The minimum absolute atomic E-state index is 0.158. The van der Waals surface area contributed by atoms with E-state index in [2.05, 4.69) is 31.0 Å². The van der Waals surface area contributed by atoms with Crippen LogP contribution in [0.5, 0.6) is 0 Å². The number of amides is 1. The number of tetrazole rings is 1. The number of aromatic nitrogens is 7. The number of aryl methyl sites for hydroxylation is 1. The van der Waals surface area contributed by atoms with Crippen LogP contribution in [0.2, 0.25) is 0 Å². The molecule has 1 atom stereocenters. The van der Waals surface area contributed by atoms with Gasteiger partial charge in [0.05, 0.1) is 42.7 Å². The number of fused-ring (bicyclic) bond motifs is 1. The molecule has 0 unspecified atom stereocenters. The average molecular weight is 578 g/mol. The fourth-order valence-corrected chi connectivity index (χ4v) is 4.89. The molecule has 4 aromatic heterocycles. The molecule has 4 heterocycles. The fraction of sp³-hybridized carbons (Fsp3) is 0.161. The first-order chi connectivity index (χ1) is 20.8. The number of likely N-dealkylation sites (N-methyl/N-ethyl adjacent to an activating group) is 1. The van der Waals surface area contributed by atoms with Crippen molar-refractivity contribution in [2.75, 3.05) is 12.4 Å². The van der Waals surface area contributed by atoms with E-state index in [1.165, 1.54) is 16.9 Å². The van der Waals surface area contributed by atoms with Crippen molar-refractivity contribution < 1.29 is 9.18 Å². The number of nitrogens with one attached hydrogen (secondary N) is 2. The van der Waals surface area contributed by atoms with E-state index in [0.29, 0.717) is 11.5 Å². The number of nitrogens with zero attached hydrogens (tertiary/aromatic N) is 7. The smallest absolute Gasteiger partial charge is 0.275 e. The lowest BCUT2D eigenvalue weighted by Crippen LogP contribution is -2.37. The molecule has 0 radical (unpaired) electrons. The Morgan fingerprint density at radius 2 is 1.86 bits per heavy atom. The topological polar surface area (TPSA) is 125 Å². The molecule has 0 bridgehead atoms. The van der Waals surface area contributed by atoms with Gasteiger partial charge in [-0.15, -0.1) is 10.2 Å². The summed E-state index contributed by atoms with van der Waals surface area (Å²) >= 11 is 0. The van der Waals surface area contributed by atoms with Gasteiger partial charge in [0.2, 0.25) is 11.7 Å². The average Bonchev–Trinajstić information content (AvgIpc) is 3.65. The minimum atomic E-state index is -0.491. The third kappa shape index (κ3) is 5.55. The lowest BCUT2D eigenvalue weighted by molar-refractivity contribution is -0.117. The lowest BCUT2D eigenvalue weighted by atomic mass is 10.1. The van der Waals surface area contributed by atoms with Gasteiger partial charge >= 0.3 is 0 Å². The molecule has 0 aliphatic heterocycles. The van der Waals surface area contributed by atoms with Crippen LogP contribution in [0.4, 0.5) is 10.1 Å². The van der Waals surface area contributed by atoms with Crippen LogP contribution < -0.4 is 16.2 Å². The predicted octanol–water partition coefficient (Wildman–Crippen LogP) is 3.78. The molecule has 2 aromatic carbocycles. The molecule has 43 heavy (non-hydrogen) atoms. The van der Waals surface area contributed by atoms with Crippen LogP contribution in [0.25, 0.3) is 39.2 Å². The van der Waals surface area contributed by atoms with Crippen molar-refractivity contribution in [1.82, 2.24) is 39.6 Å². The first kappa shape index (κ1) is 27.7. The molecular weight excluding hydrogens is 549 g/mol. The van der Waals surface area contributed by atoms with E-state index in [-0.39, 0.29) is 29.5 Å². The zero-order valence-electron chi connectivity index (χ0n) is 23.7. The summed E-state index contributed by atoms with van der Waals surface area (Å²) in [6.45, 7) is 1.88. The normalized spacial score (nSPS) is 12.0. The number of hydrogen-bond donors (Lipinski definition) is 2. The van der Waals surface area contributed by atoms with Gasteiger partial charge in [-0.05, 0) is 78.8 Å². The molecule has 6 aromatic rings. The van der Waals surface area contributed by atoms with Gasteiger partial charge in [-0.25, -0.2) is 4.39 Å². The van der Waals surface area contributed by atoms with Gasteiger partial charge in [-0.3, -0.25) is 14.6 Å². The molecule has 1 amide bonds. The van der Waals surface area contributed by atoms with E-state index in [9.17, 15) is 14.0 Å².